The van der Waals surface area contributed by atoms with Gasteiger partial charge in [0.05, 0.1) is 11.0 Å². The van der Waals surface area contributed by atoms with Crippen LogP contribution in [0.1, 0.15) is 25.3 Å². The molecule has 110 valence electrons. The summed E-state index contributed by atoms with van der Waals surface area (Å²) in [6, 6.07) is 2.61. The maximum atomic E-state index is 13.5. The number of anilines is 1. The molecule has 0 amide bonds. The van der Waals surface area contributed by atoms with Crippen LogP contribution in [-0.4, -0.2) is 24.1 Å². The van der Waals surface area contributed by atoms with Gasteiger partial charge in [-0.2, -0.15) is 0 Å². The minimum absolute atomic E-state index is 0.103. The molecule has 2 atom stereocenters. The van der Waals surface area contributed by atoms with Gasteiger partial charge in [-0.3, -0.25) is 10.1 Å². The number of rotatable bonds is 4. The standard InChI is InChI=1S/C14H20FN3O2/c1-9-6-13(14(18(19)20)7-12(9)15)17-10(2)11-4-3-5-16-8-11/h6-7,10-11,16-17H,3-5,8H2,1-2H3. The molecular formula is C14H20FN3O2. The van der Waals surface area contributed by atoms with Crippen LogP contribution in [0, 0.1) is 28.8 Å². The number of hydrogen-bond acceptors (Lipinski definition) is 4. The van der Waals surface area contributed by atoms with Crippen molar-refractivity contribution in [3.63, 3.8) is 0 Å². The summed E-state index contributed by atoms with van der Waals surface area (Å²) in [7, 11) is 0. The van der Waals surface area contributed by atoms with Crippen LogP contribution in [0.15, 0.2) is 12.1 Å². The van der Waals surface area contributed by atoms with Gasteiger partial charge >= 0.3 is 0 Å². The normalized spacial score (nSPS) is 20.4. The van der Waals surface area contributed by atoms with E-state index in [1.807, 2.05) is 6.92 Å². The van der Waals surface area contributed by atoms with E-state index >= 15 is 0 Å². The van der Waals surface area contributed by atoms with Crippen LogP contribution in [0.2, 0.25) is 0 Å². The van der Waals surface area contributed by atoms with Crippen LogP contribution in [0.5, 0.6) is 0 Å². The number of nitro groups is 1. The molecule has 1 aliphatic heterocycles. The lowest BCUT2D eigenvalue weighted by atomic mass is 9.92. The Kier molecular flexibility index (Phi) is 4.54. The second kappa shape index (κ2) is 6.17. The smallest absolute Gasteiger partial charge is 0.295 e. The summed E-state index contributed by atoms with van der Waals surface area (Å²) in [5.74, 6) is -0.122. The summed E-state index contributed by atoms with van der Waals surface area (Å²) < 4.78 is 13.5. The van der Waals surface area contributed by atoms with E-state index < -0.39 is 10.7 Å². The average molecular weight is 281 g/mol. The highest BCUT2D eigenvalue weighted by atomic mass is 19.1. The van der Waals surface area contributed by atoms with Gasteiger partial charge in [0.15, 0.2) is 0 Å². The van der Waals surface area contributed by atoms with Crippen molar-refractivity contribution in [3.05, 3.63) is 33.6 Å². The van der Waals surface area contributed by atoms with Crippen molar-refractivity contribution in [2.24, 2.45) is 5.92 Å². The van der Waals surface area contributed by atoms with E-state index in [-0.39, 0.29) is 11.7 Å². The Morgan fingerprint density at radius 2 is 2.30 bits per heavy atom. The molecule has 1 aromatic carbocycles. The summed E-state index contributed by atoms with van der Waals surface area (Å²) in [4.78, 5) is 10.5. The fraction of sp³-hybridized carbons (Fsp3) is 0.571. The van der Waals surface area contributed by atoms with Gasteiger partial charge in [-0.15, -0.1) is 0 Å². The molecule has 20 heavy (non-hydrogen) atoms. The summed E-state index contributed by atoms with van der Waals surface area (Å²) in [6.45, 7) is 5.55. The minimum atomic E-state index is -0.547. The number of aryl methyl sites for hydroxylation is 1. The molecule has 6 heteroatoms. The highest BCUT2D eigenvalue weighted by molar-refractivity contribution is 5.63. The summed E-state index contributed by atoms with van der Waals surface area (Å²) in [5, 5.41) is 17.5. The Balaban J connectivity index is 2.19. The van der Waals surface area contributed by atoms with E-state index in [1.165, 1.54) is 6.07 Å². The molecule has 5 nitrogen and oxygen atoms in total. The zero-order valence-corrected chi connectivity index (χ0v) is 11.8. The molecule has 1 saturated heterocycles. The van der Waals surface area contributed by atoms with Gasteiger partial charge in [-0.25, -0.2) is 4.39 Å². The molecule has 0 spiro atoms. The zero-order chi connectivity index (χ0) is 14.7. The predicted octanol–water partition coefficient (Wildman–Crippen LogP) is 2.84. The van der Waals surface area contributed by atoms with Gasteiger partial charge in [0.2, 0.25) is 0 Å². The quantitative estimate of drug-likeness (QED) is 0.658. The molecule has 0 saturated carbocycles. The molecule has 0 bridgehead atoms. The second-order valence-corrected chi connectivity index (χ2v) is 5.42. The Bertz CT molecular complexity index is 501. The fourth-order valence-electron chi connectivity index (χ4n) is 2.61. The fourth-order valence-corrected chi connectivity index (χ4v) is 2.61. The molecule has 2 rings (SSSR count). The Morgan fingerprint density at radius 1 is 1.55 bits per heavy atom. The third-order valence-corrected chi connectivity index (χ3v) is 3.90. The summed E-state index contributed by atoms with van der Waals surface area (Å²) >= 11 is 0. The Hall–Kier alpha value is -1.69. The van der Waals surface area contributed by atoms with E-state index in [1.54, 1.807) is 6.92 Å². The first-order chi connectivity index (χ1) is 9.49. The third kappa shape index (κ3) is 3.25. The largest absolute Gasteiger partial charge is 0.377 e. The average Bonchev–Trinajstić information content (AvgIpc) is 2.43. The van der Waals surface area contributed by atoms with Crippen LogP contribution in [0.25, 0.3) is 0 Å². The van der Waals surface area contributed by atoms with E-state index in [9.17, 15) is 14.5 Å². The van der Waals surface area contributed by atoms with E-state index in [2.05, 4.69) is 10.6 Å². The van der Waals surface area contributed by atoms with Gasteiger partial charge in [-0.05, 0) is 57.3 Å². The van der Waals surface area contributed by atoms with Gasteiger partial charge < -0.3 is 10.6 Å². The zero-order valence-electron chi connectivity index (χ0n) is 11.8. The van der Waals surface area contributed by atoms with Crippen LogP contribution >= 0.6 is 0 Å². The molecule has 0 radical (unpaired) electrons. The lowest BCUT2D eigenvalue weighted by molar-refractivity contribution is -0.384. The van der Waals surface area contributed by atoms with Crippen molar-refractivity contribution in [1.29, 1.82) is 0 Å². The minimum Gasteiger partial charge on any atom is -0.377 e. The van der Waals surface area contributed by atoms with E-state index in [4.69, 9.17) is 0 Å². The number of benzene rings is 1. The molecule has 1 heterocycles. The van der Waals surface area contributed by atoms with E-state index in [0.717, 1.165) is 32.0 Å². The Labute approximate surface area is 117 Å². The van der Waals surface area contributed by atoms with Crippen molar-refractivity contribution in [3.8, 4) is 0 Å². The molecule has 2 unspecified atom stereocenters. The SMILES string of the molecule is Cc1cc(NC(C)C2CCCNC2)c([N+](=O)[O-])cc1F. The first-order valence-electron chi connectivity index (χ1n) is 6.91. The number of nitrogens with one attached hydrogen (secondary N) is 2. The highest BCUT2D eigenvalue weighted by Gasteiger charge is 2.23. The van der Waals surface area contributed by atoms with Crippen LogP contribution in [-0.2, 0) is 0 Å². The molecular weight excluding hydrogens is 261 g/mol. The van der Waals surface area contributed by atoms with Crippen molar-refractivity contribution < 1.29 is 9.31 Å². The highest BCUT2D eigenvalue weighted by Crippen LogP contribution is 2.29. The number of hydrogen-bond donors (Lipinski definition) is 2. The van der Waals surface area contributed by atoms with Crippen LogP contribution in [0.4, 0.5) is 15.8 Å². The molecule has 2 N–H and O–H groups in total. The molecule has 1 fully saturated rings. The third-order valence-electron chi connectivity index (χ3n) is 3.90. The topological polar surface area (TPSA) is 67.2 Å². The van der Waals surface area contributed by atoms with Gasteiger partial charge in [0.1, 0.15) is 11.5 Å². The molecule has 1 aliphatic rings. The van der Waals surface area contributed by atoms with Gasteiger partial charge in [-0.1, -0.05) is 0 Å². The summed E-state index contributed by atoms with van der Waals surface area (Å²) in [5.41, 5.74) is 0.600. The molecule has 1 aromatic rings. The lowest BCUT2D eigenvalue weighted by Crippen LogP contribution is -2.38. The monoisotopic (exact) mass is 281 g/mol. The van der Waals surface area contributed by atoms with Crippen molar-refractivity contribution in [2.75, 3.05) is 18.4 Å². The van der Waals surface area contributed by atoms with Gasteiger partial charge in [0, 0.05) is 6.04 Å². The molecule has 0 aromatic heterocycles. The summed E-state index contributed by atoms with van der Waals surface area (Å²) in [6.07, 6.45) is 2.20. The predicted molar refractivity (Wildman–Crippen MR) is 76.5 cm³/mol. The number of piperidine rings is 1. The van der Waals surface area contributed by atoms with Crippen molar-refractivity contribution in [2.45, 2.75) is 32.7 Å². The lowest BCUT2D eigenvalue weighted by Gasteiger charge is -2.29. The van der Waals surface area contributed by atoms with Crippen LogP contribution in [0.3, 0.4) is 0 Å². The van der Waals surface area contributed by atoms with Crippen molar-refractivity contribution in [1.82, 2.24) is 5.32 Å². The first kappa shape index (κ1) is 14.7. The van der Waals surface area contributed by atoms with Crippen LogP contribution < -0.4 is 10.6 Å². The number of nitrogens with zero attached hydrogens (tertiary/aromatic N) is 1. The van der Waals surface area contributed by atoms with Gasteiger partial charge in [0.25, 0.3) is 5.69 Å². The molecule has 0 aliphatic carbocycles. The Morgan fingerprint density at radius 3 is 2.90 bits per heavy atom. The second-order valence-electron chi connectivity index (χ2n) is 5.42. The number of halogens is 1. The maximum Gasteiger partial charge on any atom is 0.295 e. The van der Waals surface area contributed by atoms with E-state index in [0.29, 0.717) is 17.2 Å². The maximum absolute atomic E-state index is 13.5. The number of nitro benzene ring substituents is 1. The van der Waals surface area contributed by atoms with Crippen molar-refractivity contribution >= 4 is 11.4 Å². The first-order valence-corrected chi connectivity index (χ1v) is 6.91.